The summed E-state index contributed by atoms with van der Waals surface area (Å²) in [6.07, 6.45) is 5.06. The van der Waals surface area contributed by atoms with Gasteiger partial charge in [0.05, 0.1) is 0 Å². The largest absolute Gasteiger partial charge is 0.396 e. The van der Waals surface area contributed by atoms with Gasteiger partial charge in [-0.15, -0.1) is 0 Å². The highest BCUT2D eigenvalue weighted by molar-refractivity contribution is 4.74. The predicted octanol–water partition coefficient (Wildman–Crippen LogP) is 1.15. The molecule has 0 aromatic carbocycles. The number of hydrogen-bond acceptors (Lipinski definition) is 2. The quantitative estimate of drug-likeness (QED) is 0.641. The van der Waals surface area contributed by atoms with E-state index >= 15 is 0 Å². The van der Waals surface area contributed by atoms with Gasteiger partial charge in [-0.25, -0.2) is 0 Å². The summed E-state index contributed by atoms with van der Waals surface area (Å²) in [5, 5.41) is 12.2. The Morgan fingerprint density at radius 2 is 2.45 bits per heavy atom. The lowest BCUT2D eigenvalue weighted by Crippen LogP contribution is -2.22. The average molecular weight is 157 g/mol. The van der Waals surface area contributed by atoms with Gasteiger partial charge in [0.1, 0.15) is 0 Å². The highest BCUT2D eigenvalue weighted by Gasteiger charge is 2.14. The van der Waals surface area contributed by atoms with Gasteiger partial charge in [0, 0.05) is 12.6 Å². The Morgan fingerprint density at radius 1 is 1.64 bits per heavy atom. The van der Waals surface area contributed by atoms with Gasteiger partial charge in [-0.3, -0.25) is 0 Å². The van der Waals surface area contributed by atoms with Gasteiger partial charge in [-0.05, 0) is 38.1 Å². The highest BCUT2D eigenvalue weighted by Crippen LogP contribution is 2.14. The summed E-state index contributed by atoms with van der Waals surface area (Å²) in [6.45, 7) is 3.64. The molecule has 1 aliphatic heterocycles. The fourth-order valence-corrected chi connectivity index (χ4v) is 1.58. The molecule has 1 saturated heterocycles. The minimum absolute atomic E-state index is 0.340. The zero-order chi connectivity index (χ0) is 8.10. The maximum atomic E-state index is 8.79. The lowest BCUT2D eigenvalue weighted by molar-refractivity contribution is 0.225. The van der Waals surface area contributed by atoms with Crippen molar-refractivity contribution < 1.29 is 5.11 Å². The first-order valence-corrected chi connectivity index (χ1v) is 4.67. The minimum atomic E-state index is 0.340. The summed E-state index contributed by atoms with van der Waals surface area (Å²) >= 11 is 0. The van der Waals surface area contributed by atoms with E-state index in [2.05, 4.69) is 12.2 Å². The molecule has 1 heterocycles. The van der Waals surface area contributed by atoms with Gasteiger partial charge in [0.25, 0.3) is 0 Å². The number of hydrogen-bond donors (Lipinski definition) is 2. The van der Waals surface area contributed by atoms with Crippen LogP contribution in [0.5, 0.6) is 0 Å². The lowest BCUT2D eigenvalue weighted by Gasteiger charge is -2.12. The monoisotopic (exact) mass is 157 g/mol. The number of aliphatic hydroxyl groups is 1. The molecule has 1 rings (SSSR count). The van der Waals surface area contributed by atoms with Crippen molar-refractivity contribution in [2.24, 2.45) is 5.92 Å². The Morgan fingerprint density at radius 3 is 3.00 bits per heavy atom. The third-order valence-electron chi connectivity index (χ3n) is 2.48. The molecule has 0 saturated carbocycles. The smallest absolute Gasteiger partial charge is 0.0456 e. The Hall–Kier alpha value is -0.0800. The third kappa shape index (κ3) is 3.21. The van der Waals surface area contributed by atoms with Crippen molar-refractivity contribution in [3.63, 3.8) is 0 Å². The maximum absolute atomic E-state index is 8.79. The Labute approximate surface area is 69.0 Å². The third-order valence-corrected chi connectivity index (χ3v) is 2.48. The summed E-state index contributed by atoms with van der Waals surface area (Å²) < 4.78 is 0. The van der Waals surface area contributed by atoms with Gasteiger partial charge >= 0.3 is 0 Å². The molecule has 0 radical (unpaired) electrons. The van der Waals surface area contributed by atoms with Crippen molar-refractivity contribution in [2.75, 3.05) is 13.2 Å². The van der Waals surface area contributed by atoms with Crippen LogP contribution in [0.3, 0.4) is 0 Å². The normalized spacial score (nSPS) is 27.3. The number of nitrogens with one attached hydrogen (secondary N) is 1. The van der Waals surface area contributed by atoms with E-state index in [1.54, 1.807) is 0 Å². The molecule has 1 aliphatic rings. The van der Waals surface area contributed by atoms with Crippen LogP contribution in [-0.4, -0.2) is 24.3 Å². The summed E-state index contributed by atoms with van der Waals surface area (Å²) in [7, 11) is 0. The first-order chi connectivity index (χ1) is 5.33. The number of aliphatic hydroxyl groups excluding tert-OH is 1. The summed E-state index contributed by atoms with van der Waals surface area (Å²) in [4.78, 5) is 0. The second kappa shape index (κ2) is 4.73. The summed E-state index contributed by atoms with van der Waals surface area (Å²) in [5.41, 5.74) is 0. The fraction of sp³-hybridized carbons (Fsp3) is 1.00. The molecule has 2 atom stereocenters. The zero-order valence-corrected chi connectivity index (χ0v) is 7.34. The second-order valence-corrected chi connectivity index (χ2v) is 3.66. The van der Waals surface area contributed by atoms with Crippen LogP contribution in [0.2, 0.25) is 0 Å². The maximum Gasteiger partial charge on any atom is 0.0456 e. The highest BCUT2D eigenvalue weighted by atomic mass is 16.3. The standard InChI is InChI=1S/C9H19NO/c1-8(7-11)4-5-9-3-2-6-10-9/h8-11H,2-7H2,1H3. The molecule has 66 valence electrons. The van der Waals surface area contributed by atoms with Gasteiger partial charge < -0.3 is 10.4 Å². The molecule has 0 spiro atoms. The molecule has 11 heavy (non-hydrogen) atoms. The van der Waals surface area contributed by atoms with Crippen LogP contribution in [0.4, 0.5) is 0 Å². The van der Waals surface area contributed by atoms with Crippen molar-refractivity contribution in [3.05, 3.63) is 0 Å². The molecule has 2 N–H and O–H groups in total. The summed E-state index contributed by atoms with van der Waals surface area (Å²) in [6, 6.07) is 0.740. The first kappa shape index (κ1) is 9.01. The van der Waals surface area contributed by atoms with Crippen LogP contribution < -0.4 is 5.32 Å². The van der Waals surface area contributed by atoms with Gasteiger partial charge in [-0.2, -0.15) is 0 Å². The Balaban J connectivity index is 2.01. The summed E-state index contributed by atoms with van der Waals surface area (Å²) in [5.74, 6) is 0.484. The van der Waals surface area contributed by atoms with Crippen molar-refractivity contribution in [1.29, 1.82) is 0 Å². The molecular weight excluding hydrogens is 138 g/mol. The molecule has 0 aliphatic carbocycles. The van der Waals surface area contributed by atoms with E-state index in [0.29, 0.717) is 12.5 Å². The fourth-order valence-electron chi connectivity index (χ4n) is 1.58. The van der Waals surface area contributed by atoms with Gasteiger partial charge in [0.15, 0.2) is 0 Å². The van der Waals surface area contributed by atoms with E-state index in [9.17, 15) is 0 Å². The van der Waals surface area contributed by atoms with E-state index in [4.69, 9.17) is 5.11 Å². The zero-order valence-electron chi connectivity index (χ0n) is 7.34. The molecule has 0 aromatic heterocycles. The molecule has 0 aromatic rings. The van der Waals surface area contributed by atoms with Gasteiger partial charge in [-0.1, -0.05) is 6.92 Å². The van der Waals surface area contributed by atoms with Crippen molar-refractivity contribution in [3.8, 4) is 0 Å². The molecule has 0 amide bonds. The second-order valence-electron chi connectivity index (χ2n) is 3.66. The number of rotatable bonds is 4. The van der Waals surface area contributed by atoms with E-state index < -0.39 is 0 Å². The minimum Gasteiger partial charge on any atom is -0.396 e. The SMILES string of the molecule is CC(CO)CCC1CCCN1. The van der Waals surface area contributed by atoms with Crippen LogP contribution in [0, 0.1) is 5.92 Å². The van der Waals surface area contributed by atoms with Crippen LogP contribution in [0.25, 0.3) is 0 Å². The molecular formula is C9H19NO. The molecule has 2 heteroatoms. The van der Waals surface area contributed by atoms with Gasteiger partial charge in [0.2, 0.25) is 0 Å². The molecule has 2 unspecified atom stereocenters. The molecule has 2 nitrogen and oxygen atoms in total. The van der Waals surface area contributed by atoms with Crippen molar-refractivity contribution in [2.45, 2.75) is 38.6 Å². The van der Waals surface area contributed by atoms with Crippen LogP contribution in [0.15, 0.2) is 0 Å². The van der Waals surface area contributed by atoms with E-state index in [1.807, 2.05) is 0 Å². The Bertz CT molecular complexity index is 99.7. The van der Waals surface area contributed by atoms with Crippen LogP contribution in [-0.2, 0) is 0 Å². The van der Waals surface area contributed by atoms with Crippen molar-refractivity contribution >= 4 is 0 Å². The average Bonchev–Trinajstić information content (AvgIpc) is 2.52. The van der Waals surface area contributed by atoms with Crippen molar-refractivity contribution in [1.82, 2.24) is 5.32 Å². The first-order valence-electron chi connectivity index (χ1n) is 4.67. The van der Waals surface area contributed by atoms with Crippen LogP contribution in [0.1, 0.15) is 32.6 Å². The molecule has 1 fully saturated rings. The van der Waals surface area contributed by atoms with Crippen LogP contribution >= 0.6 is 0 Å². The lowest BCUT2D eigenvalue weighted by atomic mass is 10.0. The van der Waals surface area contributed by atoms with E-state index in [0.717, 1.165) is 12.5 Å². The van der Waals surface area contributed by atoms with E-state index in [1.165, 1.54) is 25.8 Å². The molecule has 0 bridgehead atoms. The predicted molar refractivity (Wildman–Crippen MR) is 46.5 cm³/mol. The van der Waals surface area contributed by atoms with E-state index in [-0.39, 0.29) is 0 Å². The topological polar surface area (TPSA) is 32.3 Å². The Kier molecular flexibility index (Phi) is 3.87.